The zero-order chi connectivity index (χ0) is 10.6. The maximum absolute atomic E-state index is 13.3. The van der Waals surface area contributed by atoms with Crippen molar-refractivity contribution in [2.45, 2.75) is 25.1 Å². The number of piperidine rings is 1. The maximum Gasteiger partial charge on any atom is 0.236 e. The molecular formula is C9H13FN2O2. The molecule has 0 bridgehead atoms. The Labute approximate surface area is 82.2 Å². The molecule has 2 atom stereocenters. The minimum absolute atomic E-state index is 0.0407. The van der Waals surface area contributed by atoms with E-state index in [1.54, 1.807) is 6.07 Å². The molecule has 0 aromatic carbocycles. The first-order chi connectivity index (χ1) is 6.69. The molecule has 0 N–H and O–H groups in total. The van der Waals surface area contributed by atoms with Crippen molar-refractivity contribution in [2.24, 2.45) is 0 Å². The summed E-state index contributed by atoms with van der Waals surface area (Å²) in [7, 11) is 1.46. The van der Waals surface area contributed by atoms with Gasteiger partial charge in [-0.25, -0.2) is 4.39 Å². The zero-order valence-electron chi connectivity index (χ0n) is 8.07. The Morgan fingerprint density at radius 2 is 2.50 bits per heavy atom. The lowest BCUT2D eigenvalue weighted by Gasteiger charge is -2.33. The van der Waals surface area contributed by atoms with Gasteiger partial charge in [0, 0.05) is 13.7 Å². The SMILES string of the molecule is COC1CCN(C(=O)CC#N)CC1F. The van der Waals surface area contributed by atoms with E-state index < -0.39 is 12.3 Å². The number of hydrogen-bond acceptors (Lipinski definition) is 3. The highest BCUT2D eigenvalue weighted by Crippen LogP contribution is 2.17. The van der Waals surface area contributed by atoms with Gasteiger partial charge in [0.1, 0.15) is 12.6 Å². The number of nitriles is 1. The Bertz CT molecular complexity index is 252. The van der Waals surface area contributed by atoms with Crippen molar-refractivity contribution in [1.82, 2.24) is 4.90 Å². The molecule has 78 valence electrons. The van der Waals surface area contributed by atoms with Crippen LogP contribution in [-0.2, 0) is 9.53 Å². The van der Waals surface area contributed by atoms with Gasteiger partial charge in [0.25, 0.3) is 0 Å². The summed E-state index contributed by atoms with van der Waals surface area (Å²) >= 11 is 0. The van der Waals surface area contributed by atoms with Crippen molar-refractivity contribution >= 4 is 5.91 Å². The van der Waals surface area contributed by atoms with E-state index >= 15 is 0 Å². The molecule has 0 radical (unpaired) electrons. The first-order valence-corrected chi connectivity index (χ1v) is 4.50. The van der Waals surface area contributed by atoms with Gasteiger partial charge in [-0.2, -0.15) is 5.26 Å². The summed E-state index contributed by atoms with van der Waals surface area (Å²) in [5.74, 6) is -0.301. The van der Waals surface area contributed by atoms with E-state index in [2.05, 4.69) is 0 Å². The quantitative estimate of drug-likeness (QED) is 0.651. The highest BCUT2D eigenvalue weighted by molar-refractivity contribution is 5.78. The third-order valence-electron chi connectivity index (χ3n) is 2.37. The number of methoxy groups -OCH3 is 1. The van der Waals surface area contributed by atoms with Crippen molar-refractivity contribution < 1.29 is 13.9 Å². The molecule has 1 heterocycles. The molecule has 14 heavy (non-hydrogen) atoms. The van der Waals surface area contributed by atoms with E-state index in [1.165, 1.54) is 12.0 Å². The Balaban J connectivity index is 2.46. The summed E-state index contributed by atoms with van der Waals surface area (Å²) < 4.78 is 18.2. The normalized spacial score (nSPS) is 27.1. The molecule has 2 unspecified atom stereocenters. The molecule has 1 amide bonds. The van der Waals surface area contributed by atoms with Crippen molar-refractivity contribution in [3.63, 3.8) is 0 Å². The zero-order valence-corrected chi connectivity index (χ0v) is 8.07. The average molecular weight is 200 g/mol. The van der Waals surface area contributed by atoms with E-state index in [1.807, 2.05) is 0 Å². The maximum atomic E-state index is 13.3. The van der Waals surface area contributed by atoms with Crippen molar-refractivity contribution in [3.05, 3.63) is 0 Å². The summed E-state index contributed by atoms with van der Waals surface area (Å²) in [6.07, 6.45) is -1.24. The lowest BCUT2D eigenvalue weighted by Crippen LogP contribution is -2.47. The number of halogens is 1. The summed E-state index contributed by atoms with van der Waals surface area (Å²) in [5, 5.41) is 8.32. The number of carbonyl (C=O) groups excluding carboxylic acids is 1. The monoisotopic (exact) mass is 200 g/mol. The van der Waals surface area contributed by atoms with E-state index in [9.17, 15) is 9.18 Å². The molecule has 1 aliphatic rings. The summed E-state index contributed by atoms with van der Waals surface area (Å²) in [6.45, 7) is 0.512. The van der Waals surface area contributed by atoms with Crippen LogP contribution < -0.4 is 0 Å². The molecule has 1 aliphatic heterocycles. The van der Waals surface area contributed by atoms with Crippen LogP contribution in [-0.4, -0.2) is 43.3 Å². The predicted molar refractivity (Wildman–Crippen MR) is 47.1 cm³/mol. The predicted octanol–water partition coefficient (Wildman–Crippen LogP) is 0.485. The van der Waals surface area contributed by atoms with Gasteiger partial charge in [-0.05, 0) is 6.42 Å². The average Bonchev–Trinajstić information content (AvgIpc) is 2.18. The van der Waals surface area contributed by atoms with Crippen molar-refractivity contribution in [1.29, 1.82) is 5.26 Å². The van der Waals surface area contributed by atoms with Crippen LogP contribution in [0.3, 0.4) is 0 Å². The molecule has 4 nitrogen and oxygen atoms in total. The molecule has 0 aromatic rings. The molecule has 0 saturated carbocycles. The number of carbonyl (C=O) groups is 1. The molecular weight excluding hydrogens is 187 g/mol. The van der Waals surface area contributed by atoms with Crippen LogP contribution >= 0.6 is 0 Å². The van der Waals surface area contributed by atoms with E-state index in [0.29, 0.717) is 13.0 Å². The summed E-state index contributed by atoms with van der Waals surface area (Å²) in [5.41, 5.74) is 0. The third kappa shape index (κ3) is 2.42. The minimum atomic E-state index is -1.14. The van der Waals surface area contributed by atoms with Crippen molar-refractivity contribution in [3.8, 4) is 6.07 Å². The number of likely N-dealkylation sites (tertiary alicyclic amines) is 1. The number of amides is 1. The number of rotatable bonds is 2. The lowest BCUT2D eigenvalue weighted by atomic mass is 10.1. The van der Waals surface area contributed by atoms with E-state index in [-0.39, 0.29) is 18.9 Å². The van der Waals surface area contributed by atoms with Crippen molar-refractivity contribution in [2.75, 3.05) is 20.2 Å². The summed E-state index contributed by atoms with van der Waals surface area (Å²) in [6, 6.07) is 1.76. The number of nitrogens with zero attached hydrogens (tertiary/aromatic N) is 2. The largest absolute Gasteiger partial charge is 0.378 e. The number of alkyl halides is 1. The van der Waals surface area contributed by atoms with Crippen LogP contribution in [0.2, 0.25) is 0 Å². The molecule has 0 spiro atoms. The Morgan fingerprint density at radius 3 is 3.00 bits per heavy atom. The van der Waals surface area contributed by atoms with Gasteiger partial charge in [-0.3, -0.25) is 4.79 Å². The molecule has 1 fully saturated rings. The van der Waals surface area contributed by atoms with E-state index in [0.717, 1.165) is 0 Å². The van der Waals surface area contributed by atoms with Gasteiger partial charge in [0.05, 0.1) is 18.7 Å². The second-order valence-electron chi connectivity index (χ2n) is 3.25. The number of hydrogen-bond donors (Lipinski definition) is 0. The van der Waals surface area contributed by atoms with Crippen LogP contribution in [0.4, 0.5) is 4.39 Å². The van der Waals surface area contributed by atoms with Crippen LogP contribution in [0.25, 0.3) is 0 Å². The fraction of sp³-hybridized carbons (Fsp3) is 0.778. The van der Waals surface area contributed by atoms with Gasteiger partial charge in [-0.1, -0.05) is 0 Å². The first kappa shape index (κ1) is 10.9. The smallest absolute Gasteiger partial charge is 0.236 e. The fourth-order valence-electron chi connectivity index (χ4n) is 1.55. The Hall–Kier alpha value is -1.15. The molecule has 1 saturated heterocycles. The standard InChI is InChI=1S/C9H13FN2O2/c1-14-8-3-5-12(6-7(8)10)9(13)2-4-11/h7-8H,2-3,5-6H2,1H3. The fourth-order valence-corrected chi connectivity index (χ4v) is 1.55. The second kappa shape index (κ2) is 4.91. The Kier molecular flexibility index (Phi) is 3.84. The van der Waals surface area contributed by atoms with Gasteiger partial charge in [0.2, 0.25) is 5.91 Å². The van der Waals surface area contributed by atoms with Crippen LogP contribution in [0, 0.1) is 11.3 Å². The first-order valence-electron chi connectivity index (χ1n) is 4.50. The number of ether oxygens (including phenoxy) is 1. The molecule has 0 aliphatic carbocycles. The Morgan fingerprint density at radius 1 is 1.79 bits per heavy atom. The van der Waals surface area contributed by atoms with Crippen LogP contribution in [0.15, 0.2) is 0 Å². The van der Waals surface area contributed by atoms with Gasteiger partial charge >= 0.3 is 0 Å². The molecule has 5 heteroatoms. The lowest BCUT2D eigenvalue weighted by molar-refractivity contribution is -0.135. The van der Waals surface area contributed by atoms with Gasteiger partial charge < -0.3 is 9.64 Å². The topological polar surface area (TPSA) is 53.3 Å². The summed E-state index contributed by atoms with van der Waals surface area (Å²) in [4.78, 5) is 12.6. The molecule has 0 aromatic heterocycles. The second-order valence-corrected chi connectivity index (χ2v) is 3.25. The van der Waals surface area contributed by atoms with Crippen LogP contribution in [0.1, 0.15) is 12.8 Å². The highest BCUT2D eigenvalue weighted by Gasteiger charge is 2.31. The van der Waals surface area contributed by atoms with Crippen LogP contribution in [0.5, 0.6) is 0 Å². The van der Waals surface area contributed by atoms with Gasteiger partial charge in [-0.15, -0.1) is 0 Å². The highest BCUT2D eigenvalue weighted by atomic mass is 19.1. The minimum Gasteiger partial charge on any atom is -0.378 e. The van der Waals surface area contributed by atoms with E-state index in [4.69, 9.17) is 10.00 Å². The van der Waals surface area contributed by atoms with Gasteiger partial charge in [0.15, 0.2) is 0 Å². The molecule has 1 rings (SSSR count). The third-order valence-corrected chi connectivity index (χ3v) is 2.37.